The van der Waals surface area contributed by atoms with Gasteiger partial charge in [0.1, 0.15) is 31.9 Å². The Hall–Kier alpha value is -1.68. The first-order valence-corrected chi connectivity index (χ1v) is 12.1. The van der Waals surface area contributed by atoms with Crippen LogP contribution in [-0.4, -0.2) is 78.1 Å². The van der Waals surface area contributed by atoms with Gasteiger partial charge in [-0.3, -0.25) is 4.79 Å². The molecule has 1 aromatic rings. The lowest BCUT2D eigenvalue weighted by atomic mass is 10.2. The van der Waals surface area contributed by atoms with E-state index >= 15 is 0 Å². The first-order chi connectivity index (χ1) is 13.9. The number of benzene rings is 1. The van der Waals surface area contributed by atoms with Crippen molar-refractivity contribution in [2.45, 2.75) is 31.1 Å². The number of carbonyl (C=O) groups is 1. The molecule has 2 heterocycles. The summed E-state index contributed by atoms with van der Waals surface area (Å²) < 4.78 is 33.2. The van der Waals surface area contributed by atoms with Crippen molar-refractivity contribution < 1.29 is 27.7 Å². The van der Waals surface area contributed by atoms with Crippen LogP contribution in [0.5, 0.6) is 5.75 Å². The van der Waals surface area contributed by atoms with E-state index in [1.807, 2.05) is 6.92 Å². The van der Waals surface area contributed by atoms with Crippen molar-refractivity contribution in [2.75, 3.05) is 64.8 Å². The van der Waals surface area contributed by atoms with Crippen molar-refractivity contribution in [3.05, 3.63) is 18.2 Å². The Morgan fingerprint density at radius 1 is 1.14 bits per heavy atom. The largest absolute Gasteiger partial charge is 0.492 e. The molecule has 0 bridgehead atoms. The van der Waals surface area contributed by atoms with E-state index in [0.29, 0.717) is 37.7 Å². The number of hydrogen-bond donors (Lipinski definition) is 3. The summed E-state index contributed by atoms with van der Waals surface area (Å²) in [6.45, 7) is 7.79. The first-order valence-electron chi connectivity index (χ1n) is 10.6. The maximum absolute atomic E-state index is 13.0. The van der Waals surface area contributed by atoms with E-state index in [4.69, 9.17) is 4.74 Å². The van der Waals surface area contributed by atoms with Crippen LogP contribution >= 0.6 is 0 Å². The van der Waals surface area contributed by atoms with Gasteiger partial charge in [-0.2, -0.15) is 4.31 Å². The summed E-state index contributed by atoms with van der Waals surface area (Å²) in [6.07, 6.45) is 2.83. The van der Waals surface area contributed by atoms with E-state index in [1.54, 1.807) is 12.1 Å². The fourth-order valence-electron chi connectivity index (χ4n) is 3.93. The van der Waals surface area contributed by atoms with Crippen LogP contribution in [0.2, 0.25) is 0 Å². The topological polar surface area (TPSA) is 84.6 Å². The average molecular weight is 427 g/mol. The van der Waals surface area contributed by atoms with Crippen molar-refractivity contribution in [1.82, 2.24) is 4.31 Å². The van der Waals surface area contributed by atoms with Gasteiger partial charge in [0.25, 0.3) is 5.91 Å². The molecule has 0 radical (unpaired) electrons. The van der Waals surface area contributed by atoms with E-state index in [1.165, 1.54) is 20.2 Å². The molecule has 29 heavy (non-hydrogen) atoms. The minimum atomic E-state index is -3.57. The van der Waals surface area contributed by atoms with Gasteiger partial charge in [-0.15, -0.1) is 0 Å². The third kappa shape index (κ3) is 5.69. The lowest BCUT2D eigenvalue weighted by Gasteiger charge is -2.27. The zero-order valence-electron chi connectivity index (χ0n) is 17.5. The summed E-state index contributed by atoms with van der Waals surface area (Å²) in [7, 11) is -1.40. The molecule has 0 spiro atoms. The highest BCUT2D eigenvalue weighted by Gasteiger charge is 2.28. The molecule has 0 saturated carbocycles. The molecule has 3 rings (SSSR count). The van der Waals surface area contributed by atoms with E-state index in [9.17, 15) is 13.2 Å². The number of ether oxygens (including phenoxy) is 1. The lowest BCUT2D eigenvalue weighted by Crippen LogP contribution is -3.27. The molecule has 3 N–H and O–H groups in total. The van der Waals surface area contributed by atoms with Crippen molar-refractivity contribution in [2.24, 2.45) is 0 Å². The molecular weight excluding hydrogens is 392 g/mol. The van der Waals surface area contributed by atoms with E-state index in [-0.39, 0.29) is 10.8 Å². The number of piperazine rings is 1. The molecule has 0 atom stereocenters. The number of quaternary nitrogens is 2. The normalized spacial score (nSPS) is 23.5. The molecule has 9 heteroatoms. The molecule has 2 aliphatic heterocycles. The Balaban J connectivity index is 1.75. The molecule has 0 unspecified atom stereocenters. The maximum Gasteiger partial charge on any atom is 0.279 e. The lowest BCUT2D eigenvalue weighted by molar-refractivity contribution is -0.999. The molecule has 0 aromatic heterocycles. The van der Waals surface area contributed by atoms with Crippen molar-refractivity contribution in [1.29, 1.82) is 0 Å². The van der Waals surface area contributed by atoms with Crippen molar-refractivity contribution >= 4 is 21.6 Å². The third-order valence-corrected chi connectivity index (χ3v) is 7.59. The smallest absolute Gasteiger partial charge is 0.279 e. The second-order valence-electron chi connectivity index (χ2n) is 7.99. The number of hydrogen-bond acceptors (Lipinski definition) is 4. The number of carbonyl (C=O) groups excluding carboxylic acids is 1. The van der Waals surface area contributed by atoms with Crippen LogP contribution in [0.4, 0.5) is 5.69 Å². The molecule has 1 aromatic carbocycles. The van der Waals surface area contributed by atoms with Crippen LogP contribution < -0.4 is 19.9 Å². The predicted molar refractivity (Wildman–Crippen MR) is 111 cm³/mol. The Morgan fingerprint density at radius 3 is 2.48 bits per heavy atom. The van der Waals surface area contributed by atoms with Gasteiger partial charge in [-0.1, -0.05) is 6.42 Å². The molecule has 0 aliphatic carbocycles. The molecular formula is C20H34N4O4S+2. The van der Waals surface area contributed by atoms with E-state index < -0.39 is 10.0 Å². The highest BCUT2D eigenvalue weighted by atomic mass is 32.2. The number of likely N-dealkylation sites (N-methyl/N-ethyl adjacent to an activating group) is 1. The number of nitrogens with one attached hydrogen (secondary N) is 3. The number of rotatable bonds is 7. The van der Waals surface area contributed by atoms with Crippen molar-refractivity contribution in [3.8, 4) is 5.75 Å². The fraction of sp³-hybridized carbons (Fsp3) is 0.650. The Kier molecular flexibility index (Phi) is 7.50. The molecule has 2 fully saturated rings. The molecule has 2 aliphatic rings. The maximum atomic E-state index is 13.0. The van der Waals surface area contributed by atoms with Crippen LogP contribution in [0.15, 0.2) is 23.1 Å². The van der Waals surface area contributed by atoms with Gasteiger partial charge in [0, 0.05) is 13.1 Å². The minimum absolute atomic E-state index is 0.118. The zero-order valence-corrected chi connectivity index (χ0v) is 18.3. The Morgan fingerprint density at radius 2 is 1.83 bits per heavy atom. The monoisotopic (exact) mass is 426 g/mol. The highest BCUT2D eigenvalue weighted by Crippen LogP contribution is 2.30. The van der Waals surface area contributed by atoms with Crippen LogP contribution in [0, 0.1) is 0 Å². The van der Waals surface area contributed by atoms with Gasteiger partial charge in [0.15, 0.2) is 6.54 Å². The Bertz CT molecular complexity index is 801. The SMILES string of the molecule is CCOc1ccc(S(=O)(=O)N2CCCCC2)cc1NC(=O)C[NH+]1CC[NH+](C)CC1. The summed E-state index contributed by atoms with van der Waals surface area (Å²) in [5, 5.41) is 2.89. The average Bonchev–Trinajstić information content (AvgIpc) is 2.72. The van der Waals surface area contributed by atoms with Gasteiger partial charge in [0.2, 0.25) is 10.0 Å². The van der Waals surface area contributed by atoms with Crippen LogP contribution in [0.3, 0.4) is 0 Å². The highest BCUT2D eigenvalue weighted by molar-refractivity contribution is 7.89. The minimum Gasteiger partial charge on any atom is -0.492 e. The van der Waals surface area contributed by atoms with Gasteiger partial charge >= 0.3 is 0 Å². The third-order valence-electron chi connectivity index (χ3n) is 5.70. The molecule has 8 nitrogen and oxygen atoms in total. The summed E-state index contributed by atoms with van der Waals surface area (Å²) in [5.74, 6) is 0.379. The summed E-state index contributed by atoms with van der Waals surface area (Å²) in [5.41, 5.74) is 0.425. The number of piperidine rings is 1. The summed E-state index contributed by atoms with van der Waals surface area (Å²) in [6, 6.07) is 4.75. The van der Waals surface area contributed by atoms with Gasteiger partial charge in [-0.05, 0) is 38.0 Å². The summed E-state index contributed by atoms with van der Waals surface area (Å²) >= 11 is 0. The van der Waals surface area contributed by atoms with Crippen LogP contribution in [0.25, 0.3) is 0 Å². The van der Waals surface area contributed by atoms with Crippen molar-refractivity contribution in [3.63, 3.8) is 0 Å². The quantitative estimate of drug-likeness (QED) is 0.501. The number of nitrogens with zero attached hydrogens (tertiary/aromatic N) is 1. The zero-order chi connectivity index (χ0) is 20.9. The van der Waals surface area contributed by atoms with Gasteiger partial charge < -0.3 is 19.9 Å². The second-order valence-corrected chi connectivity index (χ2v) is 9.93. The predicted octanol–water partition coefficient (Wildman–Crippen LogP) is -1.39. The number of anilines is 1. The molecule has 2 saturated heterocycles. The first kappa shape index (κ1) is 22.0. The standard InChI is InChI=1S/C20H32N4O4S/c1-3-28-19-8-7-17(29(26,27)24-9-5-4-6-10-24)15-18(19)21-20(25)16-23-13-11-22(2)12-14-23/h7-8,15H,3-6,9-14,16H2,1-2H3,(H,21,25)/p+2. The fourth-order valence-corrected chi connectivity index (χ4v) is 5.48. The summed E-state index contributed by atoms with van der Waals surface area (Å²) in [4.78, 5) is 15.6. The molecule has 1 amide bonds. The van der Waals surface area contributed by atoms with Gasteiger partial charge in [0.05, 0.1) is 24.2 Å². The number of amides is 1. The van der Waals surface area contributed by atoms with Crippen LogP contribution in [0.1, 0.15) is 26.2 Å². The molecule has 162 valence electrons. The Labute approximate surface area is 173 Å². The van der Waals surface area contributed by atoms with Crippen LogP contribution in [-0.2, 0) is 14.8 Å². The second kappa shape index (κ2) is 9.88. The van der Waals surface area contributed by atoms with E-state index in [0.717, 1.165) is 45.4 Å². The number of sulfonamides is 1. The van der Waals surface area contributed by atoms with Gasteiger partial charge in [-0.25, -0.2) is 8.42 Å². The van der Waals surface area contributed by atoms with E-state index in [2.05, 4.69) is 12.4 Å².